The van der Waals surface area contributed by atoms with Crippen LogP contribution < -0.4 is 10.5 Å². The molecule has 0 fully saturated rings. The van der Waals surface area contributed by atoms with E-state index in [1.807, 2.05) is 19.0 Å². The predicted molar refractivity (Wildman–Crippen MR) is 80.0 cm³/mol. The number of hydrogen-bond acceptors (Lipinski definition) is 4. The Morgan fingerprint density at radius 3 is 2.44 bits per heavy atom. The second-order valence-electron chi connectivity index (χ2n) is 4.01. The lowest BCUT2D eigenvalue weighted by Crippen LogP contribution is -2.32. The standard InChI is InChI=1S/C10H15Br2N3O2S/c1-15(2)4-3-14-18(16,17)10-8(12)5-7(11)6-9(10)13/h5-6,14H,3-4,13H2,1-2H3. The lowest BCUT2D eigenvalue weighted by atomic mass is 10.3. The highest BCUT2D eigenvalue weighted by Crippen LogP contribution is 2.31. The Labute approximate surface area is 124 Å². The number of nitrogens with two attached hydrogens (primary N) is 1. The number of likely N-dealkylation sites (N-methyl/N-ethyl adjacent to an activating group) is 1. The Balaban J connectivity index is 2.99. The smallest absolute Gasteiger partial charge is 0.243 e. The Morgan fingerprint density at radius 1 is 1.33 bits per heavy atom. The van der Waals surface area contributed by atoms with E-state index in [1.54, 1.807) is 12.1 Å². The van der Waals surface area contributed by atoms with Crippen molar-refractivity contribution in [1.29, 1.82) is 0 Å². The highest BCUT2D eigenvalue weighted by Gasteiger charge is 2.21. The summed E-state index contributed by atoms with van der Waals surface area (Å²) in [5.41, 5.74) is 5.95. The first-order valence-corrected chi connectivity index (χ1v) is 8.20. The van der Waals surface area contributed by atoms with Crippen LogP contribution in [0.25, 0.3) is 0 Å². The largest absolute Gasteiger partial charge is 0.398 e. The van der Waals surface area contributed by atoms with E-state index in [4.69, 9.17) is 5.73 Å². The fourth-order valence-electron chi connectivity index (χ4n) is 1.34. The molecule has 0 saturated heterocycles. The molecule has 0 aliphatic rings. The second-order valence-corrected chi connectivity index (χ2v) is 7.48. The molecule has 0 unspecified atom stereocenters. The number of sulfonamides is 1. The first-order chi connectivity index (χ1) is 8.24. The van der Waals surface area contributed by atoms with Gasteiger partial charge in [-0.05, 0) is 42.2 Å². The van der Waals surface area contributed by atoms with Gasteiger partial charge in [-0.15, -0.1) is 0 Å². The predicted octanol–water partition coefficient (Wildman–Crippen LogP) is 1.63. The van der Waals surface area contributed by atoms with Crippen molar-refractivity contribution in [1.82, 2.24) is 9.62 Å². The summed E-state index contributed by atoms with van der Waals surface area (Å²) in [7, 11) is 0.143. The zero-order chi connectivity index (χ0) is 13.9. The van der Waals surface area contributed by atoms with Gasteiger partial charge in [0.1, 0.15) is 4.90 Å². The third-order valence-electron chi connectivity index (χ3n) is 2.16. The maximum atomic E-state index is 12.1. The number of rotatable bonds is 5. The SMILES string of the molecule is CN(C)CCNS(=O)(=O)c1c(N)cc(Br)cc1Br. The maximum absolute atomic E-state index is 12.1. The Kier molecular flexibility index (Phi) is 5.60. The molecule has 1 aromatic carbocycles. The summed E-state index contributed by atoms with van der Waals surface area (Å²) in [6.45, 7) is 0.949. The monoisotopic (exact) mass is 399 g/mol. The van der Waals surface area contributed by atoms with Crippen LogP contribution in [-0.4, -0.2) is 40.5 Å². The van der Waals surface area contributed by atoms with Crippen molar-refractivity contribution in [2.45, 2.75) is 4.90 Å². The molecule has 1 rings (SSSR count). The second kappa shape index (κ2) is 6.33. The topological polar surface area (TPSA) is 75.4 Å². The number of benzene rings is 1. The molecule has 5 nitrogen and oxygen atoms in total. The first-order valence-electron chi connectivity index (χ1n) is 5.13. The molecule has 18 heavy (non-hydrogen) atoms. The van der Waals surface area contributed by atoms with Crippen LogP contribution in [0.5, 0.6) is 0 Å². The van der Waals surface area contributed by atoms with Gasteiger partial charge >= 0.3 is 0 Å². The van der Waals surface area contributed by atoms with Crippen molar-refractivity contribution >= 4 is 47.6 Å². The fraction of sp³-hybridized carbons (Fsp3) is 0.400. The summed E-state index contributed by atoms with van der Waals surface area (Å²) >= 11 is 6.47. The van der Waals surface area contributed by atoms with Gasteiger partial charge in [0, 0.05) is 22.0 Å². The van der Waals surface area contributed by atoms with Crippen molar-refractivity contribution in [2.24, 2.45) is 0 Å². The number of nitrogens with zero attached hydrogens (tertiary/aromatic N) is 1. The van der Waals surface area contributed by atoms with E-state index in [-0.39, 0.29) is 10.6 Å². The van der Waals surface area contributed by atoms with Crippen LogP contribution in [0, 0.1) is 0 Å². The molecule has 0 amide bonds. The van der Waals surface area contributed by atoms with E-state index in [0.717, 1.165) is 4.47 Å². The number of hydrogen-bond donors (Lipinski definition) is 2. The van der Waals surface area contributed by atoms with Crippen LogP contribution in [-0.2, 0) is 10.0 Å². The minimum Gasteiger partial charge on any atom is -0.398 e. The molecule has 1 aromatic rings. The molecule has 8 heteroatoms. The van der Waals surface area contributed by atoms with Gasteiger partial charge in [0.05, 0.1) is 5.69 Å². The minimum atomic E-state index is -3.60. The summed E-state index contributed by atoms with van der Waals surface area (Å²) in [5, 5.41) is 0. The quantitative estimate of drug-likeness (QED) is 0.736. The molecular formula is C10H15Br2N3O2S. The number of anilines is 1. The van der Waals surface area contributed by atoms with E-state index in [2.05, 4.69) is 36.6 Å². The van der Waals surface area contributed by atoms with E-state index in [1.165, 1.54) is 0 Å². The highest BCUT2D eigenvalue weighted by molar-refractivity contribution is 9.11. The molecule has 0 heterocycles. The van der Waals surface area contributed by atoms with Gasteiger partial charge in [0.25, 0.3) is 0 Å². The van der Waals surface area contributed by atoms with Crippen LogP contribution >= 0.6 is 31.9 Å². The van der Waals surface area contributed by atoms with E-state index in [0.29, 0.717) is 17.6 Å². The van der Waals surface area contributed by atoms with Gasteiger partial charge in [-0.2, -0.15) is 0 Å². The van der Waals surface area contributed by atoms with Gasteiger partial charge < -0.3 is 10.6 Å². The van der Waals surface area contributed by atoms with Crippen molar-refractivity contribution < 1.29 is 8.42 Å². The molecule has 0 bridgehead atoms. The number of halogens is 2. The molecule has 0 aliphatic heterocycles. The third kappa shape index (κ3) is 4.20. The van der Waals surface area contributed by atoms with Gasteiger partial charge in [0.2, 0.25) is 10.0 Å². The molecule has 0 aliphatic carbocycles. The third-order valence-corrected chi connectivity index (χ3v) is 5.08. The molecule has 0 spiro atoms. The summed E-state index contributed by atoms with van der Waals surface area (Å²) in [6, 6.07) is 3.21. The van der Waals surface area contributed by atoms with E-state index < -0.39 is 10.0 Å². The number of nitrogens with one attached hydrogen (secondary N) is 1. The average Bonchev–Trinajstić information content (AvgIpc) is 2.13. The van der Waals surface area contributed by atoms with Gasteiger partial charge in [-0.3, -0.25) is 0 Å². The first kappa shape index (κ1) is 15.9. The van der Waals surface area contributed by atoms with Crippen molar-refractivity contribution in [2.75, 3.05) is 32.9 Å². The summed E-state index contributed by atoms with van der Waals surface area (Å²) in [6.07, 6.45) is 0. The fourth-order valence-corrected chi connectivity index (χ4v) is 4.43. The number of nitrogen functional groups attached to an aromatic ring is 1. The van der Waals surface area contributed by atoms with Gasteiger partial charge in [-0.25, -0.2) is 13.1 Å². The van der Waals surface area contributed by atoms with Crippen LogP contribution in [0.4, 0.5) is 5.69 Å². The molecule has 0 aromatic heterocycles. The zero-order valence-electron chi connectivity index (χ0n) is 10.1. The summed E-state index contributed by atoms with van der Waals surface area (Å²) in [5.74, 6) is 0. The molecule has 0 saturated carbocycles. The molecule has 102 valence electrons. The van der Waals surface area contributed by atoms with Crippen molar-refractivity contribution in [3.8, 4) is 0 Å². The Morgan fingerprint density at radius 2 is 1.94 bits per heavy atom. The van der Waals surface area contributed by atoms with Gasteiger partial charge in [0.15, 0.2) is 0 Å². The highest BCUT2D eigenvalue weighted by atomic mass is 79.9. The molecule has 3 N–H and O–H groups in total. The Hall–Kier alpha value is -0.150. The minimum absolute atomic E-state index is 0.0736. The lowest BCUT2D eigenvalue weighted by Gasteiger charge is -2.13. The average molecular weight is 401 g/mol. The normalized spacial score (nSPS) is 12.1. The molecule has 0 radical (unpaired) electrons. The van der Waals surface area contributed by atoms with Gasteiger partial charge in [-0.1, -0.05) is 15.9 Å². The lowest BCUT2D eigenvalue weighted by molar-refractivity contribution is 0.412. The summed E-state index contributed by atoms with van der Waals surface area (Å²) in [4.78, 5) is 1.96. The maximum Gasteiger partial charge on any atom is 0.243 e. The van der Waals surface area contributed by atoms with E-state index >= 15 is 0 Å². The van der Waals surface area contributed by atoms with Crippen LogP contribution in [0.3, 0.4) is 0 Å². The Bertz CT molecular complexity index is 509. The van der Waals surface area contributed by atoms with Crippen LogP contribution in [0.1, 0.15) is 0 Å². The molecular weight excluding hydrogens is 386 g/mol. The molecule has 0 atom stereocenters. The summed E-state index contributed by atoms with van der Waals surface area (Å²) < 4.78 is 27.9. The van der Waals surface area contributed by atoms with Crippen molar-refractivity contribution in [3.05, 3.63) is 21.1 Å². The van der Waals surface area contributed by atoms with Crippen LogP contribution in [0.2, 0.25) is 0 Å². The van der Waals surface area contributed by atoms with Crippen molar-refractivity contribution in [3.63, 3.8) is 0 Å². The zero-order valence-corrected chi connectivity index (χ0v) is 14.1. The van der Waals surface area contributed by atoms with E-state index in [9.17, 15) is 8.42 Å². The van der Waals surface area contributed by atoms with Crippen LogP contribution in [0.15, 0.2) is 26.0 Å².